The number of ether oxygens (including phenoxy) is 1. The number of nitrogens with zero attached hydrogens (tertiary/aromatic N) is 3. The third kappa shape index (κ3) is 6.05. The van der Waals surface area contributed by atoms with Crippen molar-refractivity contribution in [1.82, 2.24) is 20.3 Å². The van der Waals surface area contributed by atoms with Gasteiger partial charge in [0, 0.05) is 23.5 Å². The monoisotopic (exact) mass is 478 g/mol. The highest BCUT2D eigenvalue weighted by atomic mass is 32.2. The first-order chi connectivity index (χ1) is 15.8. The Hall–Kier alpha value is -3.51. The topological polar surface area (TPSA) is 93.7 Å². The first-order valence-electron chi connectivity index (χ1n) is 9.62. The summed E-state index contributed by atoms with van der Waals surface area (Å²) in [4.78, 5) is 25.9. The van der Waals surface area contributed by atoms with Crippen molar-refractivity contribution in [2.45, 2.75) is 35.8 Å². The van der Waals surface area contributed by atoms with E-state index in [-0.39, 0.29) is 16.3 Å². The molecule has 0 aliphatic carbocycles. The maximum atomic E-state index is 12.7. The van der Waals surface area contributed by atoms with Crippen LogP contribution in [0.25, 0.3) is 0 Å². The number of halogens is 3. The number of fused-ring (bicyclic) bond motifs is 1. The maximum absolute atomic E-state index is 12.7. The second-order valence-electron chi connectivity index (χ2n) is 6.95. The summed E-state index contributed by atoms with van der Waals surface area (Å²) < 4.78 is 53.7. The zero-order chi connectivity index (χ0) is 23.4. The van der Waals surface area contributed by atoms with Gasteiger partial charge in [0.2, 0.25) is 0 Å². The van der Waals surface area contributed by atoms with Crippen molar-refractivity contribution in [2.24, 2.45) is 0 Å². The van der Waals surface area contributed by atoms with Gasteiger partial charge in [-0.3, -0.25) is 9.97 Å². The van der Waals surface area contributed by atoms with Crippen molar-refractivity contribution in [3.63, 3.8) is 0 Å². The van der Waals surface area contributed by atoms with E-state index in [1.54, 1.807) is 18.5 Å². The molecule has 33 heavy (non-hydrogen) atoms. The first kappa shape index (κ1) is 22.7. The summed E-state index contributed by atoms with van der Waals surface area (Å²) in [6.07, 6.45) is -0.747. The lowest BCUT2D eigenvalue weighted by atomic mass is 10.2. The minimum atomic E-state index is -4.84. The van der Waals surface area contributed by atoms with E-state index in [2.05, 4.69) is 20.0 Å². The third-order valence-corrected chi connectivity index (χ3v) is 5.94. The van der Waals surface area contributed by atoms with Crippen LogP contribution in [0, 0.1) is 0 Å². The van der Waals surface area contributed by atoms with Gasteiger partial charge >= 0.3 is 12.5 Å². The average molecular weight is 478 g/mol. The fourth-order valence-corrected chi connectivity index (χ4v) is 4.15. The van der Waals surface area contributed by atoms with Gasteiger partial charge in [-0.15, -0.1) is 18.2 Å². The lowest BCUT2D eigenvalue weighted by Crippen LogP contribution is -2.31. The van der Waals surface area contributed by atoms with Crippen LogP contribution in [0.5, 0.6) is 5.75 Å². The molecule has 1 aliphatic rings. The van der Waals surface area contributed by atoms with Crippen LogP contribution in [-0.2, 0) is 35.3 Å². The number of rotatable bonds is 6. The highest BCUT2D eigenvalue weighted by molar-refractivity contribution is 7.85. The van der Waals surface area contributed by atoms with Crippen LogP contribution in [0.1, 0.15) is 16.8 Å². The third-order valence-electron chi connectivity index (χ3n) is 4.59. The van der Waals surface area contributed by atoms with Gasteiger partial charge in [-0.05, 0) is 47.5 Å². The Morgan fingerprint density at radius 3 is 2.64 bits per heavy atom. The fraction of sp³-hybridized carbons (Fsp3) is 0.190. The summed E-state index contributed by atoms with van der Waals surface area (Å²) in [5.74, 6) is -0.460. The number of carbonyl (C=O) groups is 1. The predicted molar refractivity (Wildman–Crippen MR) is 109 cm³/mol. The Morgan fingerprint density at radius 2 is 1.91 bits per heavy atom. The molecule has 8 nitrogen and oxygen atoms in total. The van der Waals surface area contributed by atoms with Crippen molar-refractivity contribution in [3.05, 3.63) is 77.9 Å². The summed E-state index contributed by atoms with van der Waals surface area (Å²) >= 11 is 0. The minimum Gasteiger partial charge on any atom is -0.406 e. The van der Waals surface area contributed by atoms with Crippen molar-refractivity contribution < 1.29 is 31.7 Å². The molecule has 1 aliphatic heterocycles. The van der Waals surface area contributed by atoms with Crippen LogP contribution in [0.4, 0.5) is 18.0 Å². The van der Waals surface area contributed by atoms with Crippen LogP contribution in [-0.4, -0.2) is 31.7 Å². The number of hydrogen-bond acceptors (Lipinski definition) is 7. The molecule has 0 bridgehead atoms. The molecule has 3 heterocycles. The minimum absolute atomic E-state index is 0.0724. The standard InChI is InChI=1S/C21H17F3N4O4S/c22-21(23,24)31-17-2-1-3-18(8-17)33(30)19-5-4-16(26-11-19)10-27-20(29)32-28-12-14-6-7-25-9-15(14)13-28/h1-9,11H,10,12-13H2,(H,27,29). The summed E-state index contributed by atoms with van der Waals surface area (Å²) in [7, 11) is -1.76. The molecule has 4 rings (SSSR count). The molecule has 1 unspecified atom stereocenters. The quantitative estimate of drug-likeness (QED) is 0.578. The van der Waals surface area contributed by atoms with Crippen molar-refractivity contribution in [1.29, 1.82) is 0 Å². The summed E-state index contributed by atoms with van der Waals surface area (Å²) in [5.41, 5.74) is 2.51. The van der Waals surface area contributed by atoms with E-state index in [4.69, 9.17) is 4.84 Å². The van der Waals surface area contributed by atoms with Gasteiger partial charge in [-0.1, -0.05) is 6.07 Å². The number of nitrogens with one attached hydrogen (secondary N) is 1. The van der Waals surface area contributed by atoms with Crippen molar-refractivity contribution in [3.8, 4) is 5.75 Å². The number of benzene rings is 1. The normalized spacial score (nSPS) is 14.4. The van der Waals surface area contributed by atoms with Crippen LogP contribution < -0.4 is 10.1 Å². The van der Waals surface area contributed by atoms with Gasteiger partial charge in [0.05, 0.1) is 41.0 Å². The van der Waals surface area contributed by atoms with Crippen LogP contribution in [0.3, 0.4) is 0 Å². The molecule has 1 amide bonds. The summed E-state index contributed by atoms with van der Waals surface area (Å²) in [6.45, 7) is 0.993. The lowest BCUT2D eigenvalue weighted by molar-refractivity contribution is -0.274. The van der Waals surface area contributed by atoms with Crippen molar-refractivity contribution >= 4 is 16.9 Å². The fourth-order valence-electron chi connectivity index (χ4n) is 3.11. The molecule has 0 saturated heterocycles. The van der Waals surface area contributed by atoms with Gasteiger partial charge < -0.3 is 14.9 Å². The van der Waals surface area contributed by atoms with E-state index >= 15 is 0 Å². The number of carbonyl (C=O) groups excluding carboxylic acids is 1. The maximum Gasteiger partial charge on any atom is 0.573 e. The highest BCUT2D eigenvalue weighted by Crippen LogP contribution is 2.26. The van der Waals surface area contributed by atoms with E-state index in [0.717, 1.165) is 23.3 Å². The van der Waals surface area contributed by atoms with E-state index < -0.39 is 29.0 Å². The molecule has 1 atom stereocenters. The molecule has 0 spiro atoms. The zero-order valence-electron chi connectivity index (χ0n) is 16.9. The van der Waals surface area contributed by atoms with Gasteiger partial charge in [0.1, 0.15) is 5.75 Å². The number of aromatic nitrogens is 2. The lowest BCUT2D eigenvalue weighted by Gasteiger charge is -2.14. The van der Waals surface area contributed by atoms with E-state index in [0.29, 0.717) is 18.8 Å². The number of amides is 1. The number of alkyl halides is 3. The Labute approximate surface area is 188 Å². The number of hydroxylamine groups is 2. The predicted octanol–water partition coefficient (Wildman–Crippen LogP) is 3.70. The highest BCUT2D eigenvalue weighted by Gasteiger charge is 2.31. The Bertz CT molecular complexity index is 1150. The van der Waals surface area contributed by atoms with Gasteiger partial charge in [0.25, 0.3) is 0 Å². The second-order valence-corrected chi connectivity index (χ2v) is 8.43. The smallest absolute Gasteiger partial charge is 0.406 e. The Morgan fingerprint density at radius 1 is 1.09 bits per heavy atom. The molecule has 12 heteroatoms. The first-order valence-corrected chi connectivity index (χ1v) is 10.8. The van der Waals surface area contributed by atoms with Gasteiger partial charge in [-0.2, -0.15) is 0 Å². The molecule has 0 fully saturated rings. The van der Waals surface area contributed by atoms with Crippen molar-refractivity contribution in [2.75, 3.05) is 0 Å². The molecular weight excluding hydrogens is 461 g/mol. The van der Waals surface area contributed by atoms with E-state index in [1.807, 2.05) is 6.07 Å². The summed E-state index contributed by atoms with van der Waals surface area (Å²) in [5, 5.41) is 4.09. The van der Waals surface area contributed by atoms with E-state index in [9.17, 15) is 22.2 Å². The molecule has 1 aromatic carbocycles. The number of hydrogen-bond donors (Lipinski definition) is 1. The molecular formula is C21H17F3N4O4S. The van der Waals surface area contributed by atoms with E-state index in [1.165, 1.54) is 29.5 Å². The summed E-state index contributed by atoms with van der Waals surface area (Å²) in [6, 6.07) is 9.87. The molecule has 0 radical (unpaired) electrons. The van der Waals surface area contributed by atoms with Crippen LogP contribution in [0.2, 0.25) is 0 Å². The van der Waals surface area contributed by atoms with Gasteiger partial charge in [-0.25, -0.2) is 9.00 Å². The SMILES string of the molecule is O=C(NCc1ccc(S(=O)c2cccc(OC(F)(F)F)c2)cn1)ON1Cc2ccncc2C1. The second kappa shape index (κ2) is 9.55. The van der Waals surface area contributed by atoms with Crippen LogP contribution >= 0.6 is 0 Å². The molecule has 0 saturated carbocycles. The molecule has 3 aromatic rings. The molecule has 1 N–H and O–H groups in total. The zero-order valence-corrected chi connectivity index (χ0v) is 17.7. The Balaban J connectivity index is 1.30. The average Bonchev–Trinajstić information content (AvgIpc) is 3.19. The largest absolute Gasteiger partial charge is 0.573 e. The van der Waals surface area contributed by atoms with Gasteiger partial charge in [0.15, 0.2) is 0 Å². The van der Waals surface area contributed by atoms with Crippen LogP contribution in [0.15, 0.2) is 70.8 Å². The Kier molecular flexibility index (Phi) is 6.56. The molecule has 172 valence electrons. The molecule has 2 aromatic heterocycles. The number of pyridine rings is 2.